The molecule has 3 aromatic rings. The summed E-state index contributed by atoms with van der Waals surface area (Å²) in [6.07, 6.45) is 0. The molecule has 1 aromatic heterocycles. The highest BCUT2D eigenvalue weighted by Gasteiger charge is 2.43. The predicted molar refractivity (Wildman–Crippen MR) is 95.4 cm³/mol. The number of aromatic nitrogens is 1. The van der Waals surface area contributed by atoms with Gasteiger partial charge in [0.15, 0.2) is 0 Å². The maximum Gasteiger partial charge on any atom is 0.341 e. The molecule has 2 aromatic carbocycles. The van der Waals surface area contributed by atoms with E-state index in [0.717, 1.165) is 34.3 Å². The van der Waals surface area contributed by atoms with Crippen LogP contribution >= 0.6 is 0 Å². The monoisotopic (exact) mass is 319 g/mol. The molecule has 1 aliphatic rings. The van der Waals surface area contributed by atoms with Gasteiger partial charge in [-0.15, -0.1) is 0 Å². The number of hydrogen-bond acceptors (Lipinski definition) is 2. The largest absolute Gasteiger partial charge is 0.450 e. The number of esters is 1. The molecule has 0 amide bonds. The summed E-state index contributed by atoms with van der Waals surface area (Å²) < 4.78 is 7.93. The van der Waals surface area contributed by atoms with Gasteiger partial charge in [-0.05, 0) is 44.9 Å². The molecule has 2 heterocycles. The van der Waals surface area contributed by atoms with Crippen molar-refractivity contribution < 1.29 is 9.53 Å². The van der Waals surface area contributed by atoms with Crippen molar-refractivity contribution in [3.05, 3.63) is 70.4 Å². The van der Waals surface area contributed by atoms with Crippen molar-refractivity contribution in [2.75, 3.05) is 0 Å². The van der Waals surface area contributed by atoms with E-state index in [1.54, 1.807) is 0 Å². The molecule has 3 heteroatoms. The fourth-order valence-corrected chi connectivity index (χ4v) is 3.97. The first-order valence-electron chi connectivity index (χ1n) is 8.29. The molecule has 0 aliphatic carbocycles. The fraction of sp³-hybridized carbons (Fsp3) is 0.286. The van der Waals surface area contributed by atoms with Crippen LogP contribution in [0.3, 0.4) is 0 Å². The second-order valence-corrected chi connectivity index (χ2v) is 7.17. The Balaban J connectivity index is 2.07. The van der Waals surface area contributed by atoms with Crippen LogP contribution in [0.1, 0.15) is 46.6 Å². The number of cyclic esters (lactones) is 1. The van der Waals surface area contributed by atoms with Crippen molar-refractivity contribution in [1.82, 2.24) is 4.57 Å². The predicted octanol–water partition coefficient (Wildman–Crippen LogP) is 4.71. The second-order valence-electron chi connectivity index (χ2n) is 7.17. The average Bonchev–Trinajstić information content (AvgIpc) is 2.94. The molecule has 0 atom stereocenters. The molecule has 3 nitrogen and oxygen atoms in total. The van der Waals surface area contributed by atoms with Crippen LogP contribution in [0.4, 0.5) is 0 Å². The smallest absolute Gasteiger partial charge is 0.341 e. The first kappa shape index (κ1) is 15.0. The molecule has 0 spiro atoms. The summed E-state index contributed by atoms with van der Waals surface area (Å²) >= 11 is 0. The first-order valence-corrected chi connectivity index (χ1v) is 8.29. The van der Waals surface area contributed by atoms with E-state index in [-0.39, 0.29) is 5.97 Å². The molecule has 0 bridgehead atoms. The Morgan fingerprint density at radius 1 is 1.08 bits per heavy atom. The number of benzene rings is 2. The number of hydrogen-bond donors (Lipinski definition) is 0. The molecule has 0 radical (unpaired) electrons. The topological polar surface area (TPSA) is 31.2 Å². The maximum atomic E-state index is 12.5. The highest BCUT2D eigenvalue weighted by molar-refractivity contribution is 6.09. The second kappa shape index (κ2) is 4.97. The van der Waals surface area contributed by atoms with Crippen LogP contribution in [0.25, 0.3) is 10.9 Å². The van der Waals surface area contributed by atoms with E-state index in [4.69, 9.17) is 4.74 Å². The van der Waals surface area contributed by atoms with Crippen LogP contribution < -0.4 is 0 Å². The minimum Gasteiger partial charge on any atom is -0.450 e. The average molecular weight is 319 g/mol. The number of aryl methyl sites for hydroxylation is 2. The Kier molecular flexibility index (Phi) is 3.11. The zero-order valence-corrected chi connectivity index (χ0v) is 14.5. The molecule has 0 fully saturated rings. The summed E-state index contributed by atoms with van der Waals surface area (Å²) in [6, 6.07) is 14.6. The number of ether oxygens (including phenoxy) is 1. The van der Waals surface area contributed by atoms with Crippen molar-refractivity contribution >= 4 is 16.9 Å². The van der Waals surface area contributed by atoms with E-state index < -0.39 is 5.60 Å². The Labute approximate surface area is 141 Å². The summed E-state index contributed by atoms with van der Waals surface area (Å²) in [4.78, 5) is 12.5. The van der Waals surface area contributed by atoms with Gasteiger partial charge in [0.25, 0.3) is 0 Å². The molecule has 1 aliphatic heterocycles. The van der Waals surface area contributed by atoms with Crippen LogP contribution in [-0.2, 0) is 16.9 Å². The molecule has 0 N–H and O–H groups in total. The SMILES string of the molecule is Cc1cc(C)c2c(c1)c1c(n2Cc2ccccc2)C(C)(C)OC1=O. The summed E-state index contributed by atoms with van der Waals surface area (Å²) in [6.45, 7) is 8.86. The first-order chi connectivity index (χ1) is 11.4. The van der Waals surface area contributed by atoms with Gasteiger partial charge in [0, 0.05) is 11.9 Å². The van der Waals surface area contributed by atoms with Crippen molar-refractivity contribution in [2.24, 2.45) is 0 Å². The van der Waals surface area contributed by atoms with E-state index in [9.17, 15) is 4.79 Å². The summed E-state index contributed by atoms with van der Waals surface area (Å²) in [5, 5.41) is 1.01. The van der Waals surface area contributed by atoms with Crippen LogP contribution in [0, 0.1) is 13.8 Å². The van der Waals surface area contributed by atoms with Gasteiger partial charge >= 0.3 is 5.97 Å². The fourth-order valence-electron chi connectivity index (χ4n) is 3.97. The van der Waals surface area contributed by atoms with Gasteiger partial charge in [-0.25, -0.2) is 4.79 Å². The number of carbonyl (C=O) groups is 1. The Bertz CT molecular complexity index is 965. The standard InChI is InChI=1S/C21H21NO2/c1-13-10-14(2)18-16(11-13)17-19(21(3,4)24-20(17)23)22(18)12-15-8-6-5-7-9-15/h5-11H,12H2,1-4H3. The van der Waals surface area contributed by atoms with Crippen molar-refractivity contribution in [3.8, 4) is 0 Å². The van der Waals surface area contributed by atoms with Gasteiger partial charge in [-0.1, -0.05) is 42.0 Å². The van der Waals surface area contributed by atoms with Gasteiger partial charge in [0.2, 0.25) is 0 Å². The summed E-state index contributed by atoms with van der Waals surface area (Å²) in [7, 11) is 0. The highest BCUT2D eigenvalue weighted by atomic mass is 16.6. The van der Waals surface area contributed by atoms with Crippen molar-refractivity contribution in [3.63, 3.8) is 0 Å². The number of fused-ring (bicyclic) bond motifs is 3. The number of nitrogens with zero attached hydrogens (tertiary/aromatic N) is 1. The maximum absolute atomic E-state index is 12.5. The highest BCUT2D eigenvalue weighted by Crippen LogP contribution is 2.43. The van der Waals surface area contributed by atoms with E-state index in [1.165, 1.54) is 11.1 Å². The van der Waals surface area contributed by atoms with Gasteiger partial charge in [0.05, 0.1) is 16.8 Å². The van der Waals surface area contributed by atoms with Gasteiger partial charge < -0.3 is 9.30 Å². The number of rotatable bonds is 2. The minimum atomic E-state index is -0.611. The molecular weight excluding hydrogens is 298 g/mol. The van der Waals surface area contributed by atoms with Crippen LogP contribution in [0.15, 0.2) is 42.5 Å². The summed E-state index contributed by atoms with van der Waals surface area (Å²) in [5.74, 6) is -0.211. The van der Waals surface area contributed by atoms with E-state index in [1.807, 2.05) is 32.0 Å². The van der Waals surface area contributed by atoms with Crippen molar-refractivity contribution in [1.29, 1.82) is 0 Å². The van der Waals surface area contributed by atoms with Gasteiger partial charge in [-0.2, -0.15) is 0 Å². The zero-order chi connectivity index (χ0) is 17.1. The summed E-state index contributed by atoms with van der Waals surface area (Å²) in [5.41, 5.74) is 5.82. The van der Waals surface area contributed by atoms with Crippen LogP contribution in [-0.4, -0.2) is 10.5 Å². The van der Waals surface area contributed by atoms with Crippen molar-refractivity contribution in [2.45, 2.75) is 39.8 Å². The van der Waals surface area contributed by atoms with Gasteiger partial charge in [-0.3, -0.25) is 0 Å². The Morgan fingerprint density at radius 2 is 1.79 bits per heavy atom. The van der Waals surface area contributed by atoms with Crippen LogP contribution in [0.5, 0.6) is 0 Å². The third-order valence-electron chi connectivity index (χ3n) is 4.80. The van der Waals surface area contributed by atoms with E-state index in [2.05, 4.69) is 42.7 Å². The third-order valence-corrected chi connectivity index (χ3v) is 4.80. The molecule has 24 heavy (non-hydrogen) atoms. The third kappa shape index (κ3) is 2.08. The van der Waals surface area contributed by atoms with Gasteiger partial charge in [0.1, 0.15) is 5.60 Å². The van der Waals surface area contributed by atoms with E-state index in [0.29, 0.717) is 0 Å². The Hall–Kier alpha value is -2.55. The lowest BCUT2D eigenvalue weighted by atomic mass is 10.0. The molecular formula is C21H21NO2. The lowest BCUT2D eigenvalue weighted by Crippen LogP contribution is -2.21. The zero-order valence-electron chi connectivity index (χ0n) is 14.5. The molecule has 0 unspecified atom stereocenters. The lowest BCUT2D eigenvalue weighted by molar-refractivity contribution is 0.00723. The minimum absolute atomic E-state index is 0.211. The molecule has 0 saturated heterocycles. The quantitative estimate of drug-likeness (QED) is 0.640. The Morgan fingerprint density at radius 3 is 2.50 bits per heavy atom. The molecule has 4 rings (SSSR count). The normalized spacial score (nSPS) is 15.6. The lowest BCUT2D eigenvalue weighted by Gasteiger charge is -2.22. The molecule has 0 saturated carbocycles. The molecule has 122 valence electrons. The van der Waals surface area contributed by atoms with Crippen LogP contribution in [0.2, 0.25) is 0 Å². The number of carbonyl (C=O) groups excluding carboxylic acids is 1. The van der Waals surface area contributed by atoms with E-state index >= 15 is 0 Å².